The van der Waals surface area contributed by atoms with Gasteiger partial charge < -0.3 is 8.83 Å². The van der Waals surface area contributed by atoms with Crippen LogP contribution in [-0.4, -0.2) is 0 Å². The van der Waals surface area contributed by atoms with E-state index in [4.69, 9.17) is 8.83 Å². The van der Waals surface area contributed by atoms with Crippen LogP contribution < -0.4 is 0 Å². The summed E-state index contributed by atoms with van der Waals surface area (Å²) in [6.07, 6.45) is 0. The third-order valence-electron chi connectivity index (χ3n) is 4.06. The number of fused-ring (bicyclic) bond motifs is 4. The molecule has 21 heavy (non-hydrogen) atoms. The molecule has 2 heteroatoms. The molecule has 0 saturated heterocycles. The Morgan fingerprint density at radius 3 is 1.52 bits per heavy atom. The van der Waals surface area contributed by atoms with Gasteiger partial charge in [-0.05, 0) is 66.1 Å². The highest BCUT2D eigenvalue weighted by atomic mass is 16.3. The SMILES string of the molecule is Cc1cc(-c2cc3ccc2o3)cc(-c2cc3ccc2o3)c1. The molecule has 5 aromatic rings. The van der Waals surface area contributed by atoms with Crippen LogP contribution in [0.4, 0.5) is 0 Å². The van der Waals surface area contributed by atoms with E-state index >= 15 is 0 Å². The van der Waals surface area contributed by atoms with Crippen molar-refractivity contribution in [3.8, 4) is 22.3 Å². The topological polar surface area (TPSA) is 26.3 Å². The maximum atomic E-state index is 5.66. The molecule has 0 saturated carbocycles. The molecule has 0 atom stereocenters. The molecule has 5 rings (SSSR count). The van der Waals surface area contributed by atoms with Gasteiger partial charge in [0.05, 0.1) is 0 Å². The van der Waals surface area contributed by atoms with Gasteiger partial charge in [0.25, 0.3) is 0 Å². The summed E-state index contributed by atoms with van der Waals surface area (Å²) in [7, 11) is 0. The quantitative estimate of drug-likeness (QED) is 0.412. The first-order valence-electron chi connectivity index (χ1n) is 7.02. The monoisotopic (exact) mass is 272 g/mol. The van der Waals surface area contributed by atoms with Gasteiger partial charge in [-0.15, -0.1) is 0 Å². The van der Waals surface area contributed by atoms with Gasteiger partial charge in [-0.3, -0.25) is 0 Å². The number of benzene rings is 3. The van der Waals surface area contributed by atoms with Crippen LogP contribution in [-0.2, 0) is 0 Å². The Balaban J connectivity index is 1.73. The van der Waals surface area contributed by atoms with E-state index in [2.05, 4.69) is 37.3 Å². The molecule has 4 aromatic heterocycles. The Bertz CT molecular complexity index is 966. The summed E-state index contributed by atoms with van der Waals surface area (Å²) in [6, 6.07) is 18.9. The molecule has 0 aliphatic rings. The average Bonchev–Trinajstić information content (AvgIpc) is 3.26. The average molecular weight is 272 g/mol. The molecule has 0 fully saturated rings. The summed E-state index contributed by atoms with van der Waals surface area (Å²) >= 11 is 0. The highest BCUT2D eigenvalue weighted by molar-refractivity contribution is 5.91. The third-order valence-corrected chi connectivity index (χ3v) is 4.06. The van der Waals surface area contributed by atoms with Gasteiger partial charge in [-0.25, -0.2) is 0 Å². The second kappa shape index (κ2) is 3.67. The fraction of sp³-hybridized carbons (Fsp3) is 0.0526. The molecule has 0 aliphatic heterocycles. The summed E-state index contributed by atoms with van der Waals surface area (Å²) in [4.78, 5) is 0. The summed E-state index contributed by atoms with van der Waals surface area (Å²) in [5.74, 6) is 0. The normalized spacial score (nSPS) is 12.0. The lowest BCUT2D eigenvalue weighted by Gasteiger charge is -2.06. The van der Waals surface area contributed by atoms with Gasteiger partial charge in [-0.1, -0.05) is 12.1 Å². The fourth-order valence-electron chi connectivity index (χ4n) is 3.12. The molecule has 100 valence electrons. The molecule has 0 aliphatic carbocycles. The van der Waals surface area contributed by atoms with Gasteiger partial charge in [-0.2, -0.15) is 0 Å². The van der Waals surface area contributed by atoms with Crippen molar-refractivity contribution in [1.29, 1.82) is 0 Å². The van der Waals surface area contributed by atoms with Crippen LogP contribution in [0.2, 0.25) is 0 Å². The number of hydrogen-bond acceptors (Lipinski definition) is 2. The summed E-state index contributed by atoms with van der Waals surface area (Å²) < 4.78 is 11.3. The van der Waals surface area contributed by atoms with E-state index in [9.17, 15) is 0 Å². The number of furan rings is 4. The van der Waals surface area contributed by atoms with Crippen molar-refractivity contribution in [3.63, 3.8) is 0 Å². The van der Waals surface area contributed by atoms with E-state index in [-0.39, 0.29) is 0 Å². The van der Waals surface area contributed by atoms with Crippen LogP contribution in [0.5, 0.6) is 0 Å². The lowest BCUT2D eigenvalue weighted by molar-refractivity contribution is 0.675. The Kier molecular flexibility index (Phi) is 1.92. The lowest BCUT2D eigenvalue weighted by atomic mass is 9.96. The van der Waals surface area contributed by atoms with E-state index in [0.717, 1.165) is 33.5 Å². The van der Waals surface area contributed by atoms with E-state index in [0.29, 0.717) is 0 Å². The van der Waals surface area contributed by atoms with Crippen molar-refractivity contribution in [1.82, 2.24) is 0 Å². The van der Waals surface area contributed by atoms with Crippen LogP contribution in [0.1, 0.15) is 5.56 Å². The lowest BCUT2D eigenvalue weighted by Crippen LogP contribution is -1.83. The molecule has 0 amide bonds. The highest BCUT2D eigenvalue weighted by Gasteiger charge is 2.14. The molecule has 4 heterocycles. The Morgan fingerprint density at radius 2 is 1.14 bits per heavy atom. The van der Waals surface area contributed by atoms with Crippen molar-refractivity contribution < 1.29 is 8.83 Å². The molecule has 0 unspecified atom stereocenters. The van der Waals surface area contributed by atoms with E-state index in [1.807, 2.05) is 24.3 Å². The summed E-state index contributed by atoms with van der Waals surface area (Å²) in [5, 5.41) is 0. The molecular weight excluding hydrogens is 260 g/mol. The standard InChI is InChI=1S/C19H12O2/c1-11-6-12(16-9-14-2-4-18(16)20-14)8-13(7-11)17-10-15-3-5-19(17)21-15/h2-10H,1H3. The summed E-state index contributed by atoms with van der Waals surface area (Å²) in [6.45, 7) is 2.12. The molecule has 0 spiro atoms. The fourth-order valence-corrected chi connectivity index (χ4v) is 3.12. The van der Waals surface area contributed by atoms with Crippen LogP contribution in [0.15, 0.2) is 63.4 Å². The van der Waals surface area contributed by atoms with E-state index < -0.39 is 0 Å². The van der Waals surface area contributed by atoms with Gasteiger partial charge in [0.1, 0.15) is 22.3 Å². The zero-order chi connectivity index (χ0) is 14.0. The van der Waals surface area contributed by atoms with Gasteiger partial charge in [0.15, 0.2) is 0 Å². The zero-order valence-electron chi connectivity index (χ0n) is 11.5. The first-order valence-corrected chi connectivity index (χ1v) is 7.02. The van der Waals surface area contributed by atoms with Crippen LogP contribution >= 0.6 is 0 Å². The van der Waals surface area contributed by atoms with Crippen molar-refractivity contribution in [2.45, 2.75) is 6.92 Å². The minimum atomic E-state index is 0.929. The van der Waals surface area contributed by atoms with Gasteiger partial charge >= 0.3 is 0 Å². The maximum Gasteiger partial charge on any atom is 0.135 e. The minimum Gasteiger partial charge on any atom is -0.457 e. The Labute approximate surface area is 121 Å². The molecule has 1 aromatic carbocycles. The second-order valence-electron chi connectivity index (χ2n) is 5.61. The first kappa shape index (κ1) is 11.0. The smallest absolute Gasteiger partial charge is 0.135 e. The highest BCUT2D eigenvalue weighted by Crippen LogP contribution is 2.37. The number of rotatable bonds is 2. The summed E-state index contributed by atoms with van der Waals surface area (Å²) in [5.41, 5.74) is 9.69. The van der Waals surface area contributed by atoms with E-state index in [1.54, 1.807) is 0 Å². The first-order chi connectivity index (χ1) is 10.3. The van der Waals surface area contributed by atoms with Crippen molar-refractivity contribution in [2.75, 3.05) is 0 Å². The van der Waals surface area contributed by atoms with E-state index in [1.165, 1.54) is 16.7 Å². The third kappa shape index (κ3) is 1.53. The van der Waals surface area contributed by atoms with Crippen LogP contribution in [0, 0.1) is 6.92 Å². The molecular formula is C19H12O2. The number of hydrogen-bond donors (Lipinski definition) is 0. The predicted octanol–water partition coefficient (Wildman–Crippen LogP) is 5.70. The Hall–Kier alpha value is -2.74. The predicted molar refractivity (Wildman–Crippen MR) is 84.0 cm³/mol. The van der Waals surface area contributed by atoms with Crippen molar-refractivity contribution >= 4 is 22.3 Å². The zero-order valence-corrected chi connectivity index (χ0v) is 11.5. The molecule has 0 N–H and O–H groups in total. The van der Waals surface area contributed by atoms with Crippen LogP contribution in [0.3, 0.4) is 0 Å². The Morgan fingerprint density at radius 1 is 0.619 bits per heavy atom. The van der Waals surface area contributed by atoms with Gasteiger partial charge in [0, 0.05) is 11.1 Å². The largest absolute Gasteiger partial charge is 0.457 e. The van der Waals surface area contributed by atoms with Crippen molar-refractivity contribution in [2.24, 2.45) is 0 Å². The van der Waals surface area contributed by atoms with Crippen molar-refractivity contribution in [3.05, 3.63) is 60.2 Å². The van der Waals surface area contributed by atoms with Gasteiger partial charge in [0.2, 0.25) is 0 Å². The molecule has 0 radical (unpaired) electrons. The molecule has 2 nitrogen and oxygen atoms in total. The maximum absolute atomic E-state index is 5.66. The molecule has 4 bridgehead atoms. The number of aryl methyl sites for hydroxylation is 1. The second-order valence-corrected chi connectivity index (χ2v) is 5.61. The minimum absolute atomic E-state index is 0.929. The van der Waals surface area contributed by atoms with Crippen LogP contribution in [0.25, 0.3) is 44.6 Å².